The molecule has 0 aromatic rings. The second-order valence-electron chi connectivity index (χ2n) is 3.34. The van der Waals surface area contributed by atoms with Crippen molar-refractivity contribution in [2.24, 2.45) is 0 Å². The first-order valence-corrected chi connectivity index (χ1v) is 4.27. The molecule has 0 aromatic heterocycles. The fraction of sp³-hybridized carbons (Fsp3) is 0.875. The Kier molecular flexibility index (Phi) is 5.56. The monoisotopic (exact) mass is 210 g/mol. The zero-order valence-corrected chi connectivity index (χ0v) is 8.39. The van der Waals surface area contributed by atoms with Gasteiger partial charge in [-0.2, -0.15) is 0 Å². The van der Waals surface area contributed by atoms with Gasteiger partial charge in [0.05, 0.1) is 6.54 Å². The summed E-state index contributed by atoms with van der Waals surface area (Å²) in [4.78, 5) is 12.7. The topological polar surface area (TPSA) is 52.6 Å². The van der Waals surface area contributed by atoms with Gasteiger partial charge in [0.1, 0.15) is 6.61 Å². The fourth-order valence-corrected chi connectivity index (χ4v) is 0.697. The van der Waals surface area contributed by atoms with Gasteiger partial charge in [-0.1, -0.05) is 0 Å². The van der Waals surface area contributed by atoms with Crippen LogP contribution in [0.5, 0.6) is 0 Å². The summed E-state index contributed by atoms with van der Waals surface area (Å²) < 4.78 is 24.9. The Morgan fingerprint density at radius 1 is 1.50 bits per heavy atom. The van der Waals surface area contributed by atoms with Crippen LogP contribution >= 0.6 is 0 Å². The molecule has 0 saturated heterocycles. The summed E-state index contributed by atoms with van der Waals surface area (Å²) in [5.74, 6) is -3.67. The molecule has 0 bridgehead atoms. The van der Waals surface area contributed by atoms with Crippen molar-refractivity contribution in [2.45, 2.75) is 12.3 Å². The summed E-state index contributed by atoms with van der Waals surface area (Å²) in [6.45, 7) is -1.55. The SMILES string of the molecule is CN(C)CCC(=O)NCC(F)(F)CO. The molecule has 0 aliphatic heterocycles. The number of hydrogen-bond acceptors (Lipinski definition) is 3. The zero-order chi connectivity index (χ0) is 11.2. The minimum atomic E-state index is -3.23. The van der Waals surface area contributed by atoms with E-state index in [4.69, 9.17) is 5.11 Å². The molecular formula is C8H16F2N2O2. The van der Waals surface area contributed by atoms with E-state index in [1.54, 1.807) is 19.0 Å². The van der Waals surface area contributed by atoms with Gasteiger partial charge < -0.3 is 15.3 Å². The van der Waals surface area contributed by atoms with Crippen molar-refractivity contribution in [3.8, 4) is 0 Å². The fourth-order valence-electron chi connectivity index (χ4n) is 0.697. The molecule has 6 heteroatoms. The molecule has 14 heavy (non-hydrogen) atoms. The first-order valence-electron chi connectivity index (χ1n) is 4.27. The first kappa shape index (κ1) is 13.2. The summed E-state index contributed by atoms with van der Waals surface area (Å²) in [7, 11) is 3.57. The maximum absolute atomic E-state index is 12.4. The van der Waals surface area contributed by atoms with Gasteiger partial charge in [-0.05, 0) is 14.1 Å². The molecule has 1 amide bonds. The summed E-state index contributed by atoms with van der Waals surface area (Å²) in [5.41, 5.74) is 0. The van der Waals surface area contributed by atoms with Crippen molar-refractivity contribution in [1.29, 1.82) is 0 Å². The predicted molar refractivity (Wildman–Crippen MR) is 48.2 cm³/mol. The highest BCUT2D eigenvalue weighted by atomic mass is 19.3. The Morgan fingerprint density at radius 2 is 2.07 bits per heavy atom. The second-order valence-corrected chi connectivity index (χ2v) is 3.34. The van der Waals surface area contributed by atoms with Gasteiger partial charge in [0.2, 0.25) is 5.91 Å². The molecule has 0 unspecified atom stereocenters. The maximum atomic E-state index is 12.4. The molecule has 84 valence electrons. The summed E-state index contributed by atoms with van der Waals surface area (Å²) in [5, 5.41) is 10.3. The molecule has 0 saturated carbocycles. The van der Waals surface area contributed by atoms with Crippen molar-refractivity contribution < 1.29 is 18.7 Å². The van der Waals surface area contributed by atoms with Crippen molar-refractivity contribution in [3.63, 3.8) is 0 Å². The van der Waals surface area contributed by atoms with Crippen LogP contribution in [0.15, 0.2) is 0 Å². The normalized spacial score (nSPS) is 11.9. The number of nitrogens with zero attached hydrogens (tertiary/aromatic N) is 1. The largest absolute Gasteiger partial charge is 0.390 e. The minimum Gasteiger partial charge on any atom is -0.390 e. The third-order valence-electron chi connectivity index (χ3n) is 1.56. The molecule has 0 atom stereocenters. The highest BCUT2D eigenvalue weighted by Gasteiger charge is 2.27. The molecule has 0 aliphatic carbocycles. The number of aliphatic hydroxyl groups excluding tert-OH is 1. The van der Waals surface area contributed by atoms with E-state index in [0.717, 1.165) is 0 Å². The van der Waals surface area contributed by atoms with E-state index in [-0.39, 0.29) is 6.42 Å². The molecule has 2 N–H and O–H groups in total. The molecule has 0 spiro atoms. The van der Waals surface area contributed by atoms with Crippen LogP contribution in [0, 0.1) is 0 Å². The average molecular weight is 210 g/mol. The van der Waals surface area contributed by atoms with Crippen LogP contribution in [0.2, 0.25) is 0 Å². The van der Waals surface area contributed by atoms with Gasteiger partial charge in [-0.25, -0.2) is 8.78 Å². The van der Waals surface area contributed by atoms with E-state index < -0.39 is 25.0 Å². The number of aliphatic hydroxyl groups is 1. The lowest BCUT2D eigenvalue weighted by Crippen LogP contribution is -2.39. The number of carbonyl (C=O) groups excluding carboxylic acids is 1. The minimum absolute atomic E-state index is 0.175. The number of amides is 1. The Labute approximate surface area is 81.9 Å². The molecule has 0 rings (SSSR count). The molecule has 0 heterocycles. The molecular weight excluding hydrogens is 194 g/mol. The van der Waals surface area contributed by atoms with E-state index in [1.165, 1.54) is 0 Å². The lowest BCUT2D eigenvalue weighted by Gasteiger charge is -2.14. The smallest absolute Gasteiger partial charge is 0.287 e. The number of hydrogen-bond donors (Lipinski definition) is 2. The van der Waals surface area contributed by atoms with E-state index in [1.807, 2.05) is 0 Å². The van der Waals surface area contributed by atoms with E-state index in [9.17, 15) is 13.6 Å². The van der Waals surface area contributed by atoms with Crippen LogP contribution < -0.4 is 5.32 Å². The second kappa shape index (κ2) is 5.87. The summed E-state index contributed by atoms with van der Waals surface area (Å²) in [6.07, 6.45) is 0.175. The third-order valence-corrected chi connectivity index (χ3v) is 1.56. The molecule has 4 nitrogen and oxygen atoms in total. The van der Waals surface area contributed by atoms with Crippen LogP contribution in [0.1, 0.15) is 6.42 Å². The number of carbonyl (C=O) groups is 1. The molecule has 0 fully saturated rings. The molecule has 0 radical (unpaired) electrons. The van der Waals surface area contributed by atoms with Crippen molar-refractivity contribution in [1.82, 2.24) is 10.2 Å². The lowest BCUT2D eigenvalue weighted by molar-refractivity contribution is -0.124. The van der Waals surface area contributed by atoms with Crippen molar-refractivity contribution >= 4 is 5.91 Å². The molecule has 0 aliphatic rings. The Hall–Kier alpha value is -0.750. The zero-order valence-electron chi connectivity index (χ0n) is 8.39. The van der Waals surface area contributed by atoms with Gasteiger partial charge in [-0.15, -0.1) is 0 Å². The van der Waals surface area contributed by atoms with Crippen LogP contribution in [-0.2, 0) is 4.79 Å². The summed E-state index contributed by atoms with van der Waals surface area (Å²) >= 11 is 0. The van der Waals surface area contributed by atoms with Gasteiger partial charge in [0, 0.05) is 13.0 Å². The van der Waals surface area contributed by atoms with E-state index in [2.05, 4.69) is 5.32 Å². The number of nitrogens with one attached hydrogen (secondary N) is 1. The Bertz CT molecular complexity index is 186. The Morgan fingerprint density at radius 3 is 2.50 bits per heavy atom. The van der Waals surface area contributed by atoms with Crippen LogP contribution in [-0.4, -0.2) is 55.6 Å². The quantitative estimate of drug-likeness (QED) is 0.632. The van der Waals surface area contributed by atoms with Gasteiger partial charge in [0.25, 0.3) is 5.92 Å². The highest BCUT2D eigenvalue weighted by Crippen LogP contribution is 2.09. The standard InChI is InChI=1S/C8H16F2N2O2/c1-12(2)4-3-7(14)11-5-8(9,10)6-13/h13H,3-6H2,1-2H3,(H,11,14). The number of rotatable bonds is 6. The third kappa shape index (κ3) is 6.73. The highest BCUT2D eigenvalue weighted by molar-refractivity contribution is 5.76. The van der Waals surface area contributed by atoms with Crippen LogP contribution in [0.25, 0.3) is 0 Å². The van der Waals surface area contributed by atoms with Crippen LogP contribution in [0.3, 0.4) is 0 Å². The molecule has 0 aromatic carbocycles. The Balaban J connectivity index is 3.64. The van der Waals surface area contributed by atoms with E-state index in [0.29, 0.717) is 6.54 Å². The average Bonchev–Trinajstić information content (AvgIpc) is 2.11. The van der Waals surface area contributed by atoms with Gasteiger partial charge in [0.15, 0.2) is 0 Å². The lowest BCUT2D eigenvalue weighted by atomic mass is 10.3. The van der Waals surface area contributed by atoms with Crippen LogP contribution in [0.4, 0.5) is 8.78 Å². The van der Waals surface area contributed by atoms with Gasteiger partial charge >= 0.3 is 0 Å². The number of halogens is 2. The first-order chi connectivity index (χ1) is 6.37. The van der Waals surface area contributed by atoms with Gasteiger partial charge in [-0.3, -0.25) is 4.79 Å². The number of alkyl halides is 2. The maximum Gasteiger partial charge on any atom is 0.287 e. The van der Waals surface area contributed by atoms with Crippen molar-refractivity contribution in [3.05, 3.63) is 0 Å². The predicted octanol–water partition coefficient (Wildman–Crippen LogP) is -0.318. The van der Waals surface area contributed by atoms with Crippen molar-refractivity contribution in [2.75, 3.05) is 33.8 Å². The van der Waals surface area contributed by atoms with E-state index >= 15 is 0 Å². The summed E-state index contributed by atoms with van der Waals surface area (Å²) in [6, 6.07) is 0.